The van der Waals surface area contributed by atoms with E-state index in [0.29, 0.717) is 5.02 Å². The number of fused-ring (bicyclic) bond motifs is 1. The van der Waals surface area contributed by atoms with Gasteiger partial charge in [0.2, 0.25) is 0 Å². The number of halogens is 1. The van der Waals surface area contributed by atoms with Crippen LogP contribution in [0.15, 0.2) is 30.3 Å². The Labute approximate surface area is 75.2 Å². The molecule has 1 N–H and O–H groups in total. The van der Waals surface area contributed by atoms with Crippen molar-refractivity contribution in [2.24, 2.45) is 0 Å². The summed E-state index contributed by atoms with van der Waals surface area (Å²) < 4.78 is 0. The monoisotopic (exact) mass is 177 g/mol. The molecule has 0 fully saturated rings. The zero-order valence-electron chi connectivity index (χ0n) is 6.21. The summed E-state index contributed by atoms with van der Waals surface area (Å²) in [4.78, 5) is 0. The molecule has 2 aromatic carbocycles. The summed E-state index contributed by atoms with van der Waals surface area (Å²) in [6.45, 7) is 0. The lowest BCUT2D eigenvalue weighted by Gasteiger charge is -1.99. The van der Waals surface area contributed by atoms with E-state index in [1.54, 1.807) is 18.2 Å². The molecule has 0 unspecified atom stereocenters. The molecule has 0 amide bonds. The van der Waals surface area contributed by atoms with Crippen molar-refractivity contribution in [1.29, 1.82) is 0 Å². The highest BCUT2D eigenvalue weighted by Crippen LogP contribution is 2.25. The maximum absolute atomic E-state index is 9.14. The average molecular weight is 178 g/mol. The van der Waals surface area contributed by atoms with E-state index in [1.807, 2.05) is 12.1 Å². The molecule has 12 heavy (non-hydrogen) atoms. The second kappa shape index (κ2) is 2.68. The molecule has 0 spiro atoms. The minimum atomic E-state index is 0.121. The lowest BCUT2D eigenvalue weighted by atomic mass is 10.1. The molecule has 0 aliphatic rings. The first-order valence-corrected chi connectivity index (χ1v) is 3.94. The third-order valence-corrected chi connectivity index (χ3v) is 2.07. The van der Waals surface area contributed by atoms with Crippen molar-refractivity contribution < 1.29 is 5.11 Å². The Morgan fingerprint density at radius 2 is 2.17 bits per heavy atom. The summed E-state index contributed by atoms with van der Waals surface area (Å²) in [5.74, 6) is 0.121. The van der Waals surface area contributed by atoms with Gasteiger partial charge in [0.05, 0.1) is 0 Å². The smallest absolute Gasteiger partial charge is 0.124 e. The first-order chi connectivity index (χ1) is 5.77. The third-order valence-electron chi connectivity index (χ3n) is 1.74. The molecule has 0 heterocycles. The normalized spacial score (nSPS) is 10.4. The molecule has 1 radical (unpaired) electrons. The topological polar surface area (TPSA) is 20.2 Å². The van der Waals surface area contributed by atoms with Crippen LogP contribution in [-0.4, -0.2) is 5.11 Å². The molecule has 2 aromatic rings. The van der Waals surface area contributed by atoms with Crippen LogP contribution in [0.25, 0.3) is 10.8 Å². The Bertz CT molecular complexity index is 423. The fourth-order valence-electron chi connectivity index (χ4n) is 1.16. The summed E-state index contributed by atoms with van der Waals surface area (Å²) in [6, 6.07) is 11.6. The number of rotatable bonds is 0. The van der Waals surface area contributed by atoms with Gasteiger partial charge in [-0.3, -0.25) is 0 Å². The van der Waals surface area contributed by atoms with E-state index in [2.05, 4.69) is 6.07 Å². The van der Waals surface area contributed by atoms with E-state index >= 15 is 0 Å². The molecule has 59 valence electrons. The molecule has 0 saturated heterocycles. The van der Waals surface area contributed by atoms with Crippen LogP contribution in [0.1, 0.15) is 0 Å². The van der Waals surface area contributed by atoms with Gasteiger partial charge in [-0.15, -0.1) is 0 Å². The minimum absolute atomic E-state index is 0.121. The molecule has 2 rings (SSSR count). The van der Waals surface area contributed by atoms with Crippen molar-refractivity contribution in [3.05, 3.63) is 41.4 Å². The molecule has 0 atom stereocenters. The molecule has 2 heteroatoms. The van der Waals surface area contributed by atoms with E-state index in [9.17, 15) is 0 Å². The van der Waals surface area contributed by atoms with Gasteiger partial charge in [0.25, 0.3) is 0 Å². The number of aromatic hydroxyl groups is 1. The van der Waals surface area contributed by atoms with Gasteiger partial charge in [-0.25, -0.2) is 0 Å². The highest BCUT2D eigenvalue weighted by Gasteiger charge is 1.98. The maximum atomic E-state index is 9.14. The van der Waals surface area contributed by atoms with Crippen LogP contribution < -0.4 is 0 Å². The van der Waals surface area contributed by atoms with Gasteiger partial charge in [0.1, 0.15) is 5.75 Å². The Hall–Kier alpha value is -1.21. The van der Waals surface area contributed by atoms with Crippen molar-refractivity contribution in [2.75, 3.05) is 0 Å². The predicted molar refractivity (Wildman–Crippen MR) is 49.5 cm³/mol. The van der Waals surface area contributed by atoms with Crippen molar-refractivity contribution in [3.63, 3.8) is 0 Å². The van der Waals surface area contributed by atoms with E-state index in [4.69, 9.17) is 16.7 Å². The van der Waals surface area contributed by atoms with E-state index in [1.165, 1.54) is 0 Å². The molecule has 0 aromatic heterocycles. The lowest BCUT2D eigenvalue weighted by Crippen LogP contribution is -1.73. The Balaban J connectivity index is 2.88. The molecular formula is C10H6ClO. The summed E-state index contributed by atoms with van der Waals surface area (Å²) in [7, 11) is 0. The largest absolute Gasteiger partial charge is 0.507 e. The van der Waals surface area contributed by atoms with Gasteiger partial charge in [0, 0.05) is 16.5 Å². The van der Waals surface area contributed by atoms with Crippen LogP contribution in [-0.2, 0) is 0 Å². The van der Waals surface area contributed by atoms with Crippen LogP contribution >= 0.6 is 11.6 Å². The van der Waals surface area contributed by atoms with Crippen molar-refractivity contribution >= 4 is 22.4 Å². The van der Waals surface area contributed by atoms with Crippen molar-refractivity contribution in [3.8, 4) is 5.75 Å². The van der Waals surface area contributed by atoms with Crippen LogP contribution in [0.5, 0.6) is 5.75 Å². The second-order valence-electron chi connectivity index (χ2n) is 2.56. The number of hydrogen-bond donors (Lipinski definition) is 1. The van der Waals surface area contributed by atoms with Crippen molar-refractivity contribution in [1.82, 2.24) is 0 Å². The van der Waals surface area contributed by atoms with Crippen LogP contribution in [0.3, 0.4) is 0 Å². The molecule has 0 bridgehead atoms. The van der Waals surface area contributed by atoms with Crippen LogP contribution in [0.4, 0.5) is 0 Å². The molecular weight excluding hydrogens is 172 g/mol. The summed E-state index contributed by atoms with van der Waals surface area (Å²) in [5.41, 5.74) is 0. The maximum Gasteiger partial charge on any atom is 0.124 e. The van der Waals surface area contributed by atoms with Gasteiger partial charge < -0.3 is 5.11 Å². The predicted octanol–water partition coefficient (Wildman–Crippen LogP) is 3.00. The molecule has 0 aliphatic carbocycles. The average Bonchev–Trinajstić information content (AvgIpc) is 2.07. The van der Waals surface area contributed by atoms with Crippen molar-refractivity contribution in [2.45, 2.75) is 0 Å². The highest BCUT2D eigenvalue weighted by atomic mass is 35.5. The molecule has 0 aliphatic heterocycles. The van der Waals surface area contributed by atoms with Gasteiger partial charge >= 0.3 is 0 Å². The first-order valence-electron chi connectivity index (χ1n) is 3.56. The summed E-state index contributed by atoms with van der Waals surface area (Å²) in [5, 5.41) is 11.6. The minimum Gasteiger partial charge on any atom is -0.507 e. The van der Waals surface area contributed by atoms with E-state index < -0.39 is 0 Å². The zero-order valence-corrected chi connectivity index (χ0v) is 6.97. The van der Waals surface area contributed by atoms with Crippen LogP contribution in [0, 0.1) is 6.07 Å². The zero-order chi connectivity index (χ0) is 8.55. The first kappa shape index (κ1) is 7.44. The Morgan fingerprint density at radius 1 is 1.33 bits per heavy atom. The summed E-state index contributed by atoms with van der Waals surface area (Å²) >= 11 is 5.90. The van der Waals surface area contributed by atoms with E-state index in [0.717, 1.165) is 10.8 Å². The summed E-state index contributed by atoms with van der Waals surface area (Å²) in [6.07, 6.45) is 0. The van der Waals surface area contributed by atoms with Crippen LogP contribution in [0.2, 0.25) is 5.02 Å². The van der Waals surface area contributed by atoms with E-state index in [-0.39, 0.29) is 5.75 Å². The second-order valence-corrected chi connectivity index (χ2v) is 2.97. The van der Waals surface area contributed by atoms with Gasteiger partial charge in [-0.05, 0) is 23.6 Å². The number of benzene rings is 2. The Kier molecular flexibility index (Phi) is 1.66. The SMILES string of the molecule is Oc1[c]cc2cccc(Cl)c2c1. The fourth-order valence-corrected chi connectivity index (χ4v) is 1.40. The number of phenols is 1. The quantitative estimate of drug-likeness (QED) is 0.656. The van der Waals surface area contributed by atoms with Gasteiger partial charge in [-0.1, -0.05) is 23.7 Å². The highest BCUT2D eigenvalue weighted by molar-refractivity contribution is 6.35. The third kappa shape index (κ3) is 1.12. The van der Waals surface area contributed by atoms with Gasteiger partial charge in [0.15, 0.2) is 0 Å². The molecule has 1 nitrogen and oxygen atoms in total. The number of phenolic OH excluding ortho intramolecular Hbond substituents is 1. The van der Waals surface area contributed by atoms with Gasteiger partial charge in [-0.2, -0.15) is 0 Å². The fraction of sp³-hybridized carbons (Fsp3) is 0. The lowest BCUT2D eigenvalue weighted by molar-refractivity contribution is 0.475. The molecule has 0 saturated carbocycles. The Morgan fingerprint density at radius 3 is 3.00 bits per heavy atom. The number of hydrogen-bond acceptors (Lipinski definition) is 1. The standard InChI is InChI=1S/C10H6ClO/c11-10-3-1-2-7-4-5-8(12)6-9(7)10/h1-4,6,12H.